The Bertz CT molecular complexity index is 1810. The van der Waals surface area contributed by atoms with E-state index in [0.717, 1.165) is 89.9 Å². The highest BCUT2D eigenvalue weighted by Gasteiger charge is 2.56. The van der Waals surface area contributed by atoms with E-state index in [0.29, 0.717) is 61.4 Å². The molecule has 1 aromatic carbocycles. The van der Waals surface area contributed by atoms with Crippen LogP contribution >= 0.6 is 7.82 Å². The van der Waals surface area contributed by atoms with E-state index < -0.39 is 43.8 Å². The minimum absolute atomic E-state index is 0.0524. The molecule has 3 saturated carbocycles. The number of unbranched alkanes of at least 4 members (excludes halogenated alkanes) is 2. The number of esters is 1. The molecule has 5 rings (SSSR count). The van der Waals surface area contributed by atoms with Crippen molar-refractivity contribution in [3.8, 4) is 5.75 Å². The Labute approximate surface area is 411 Å². The lowest BCUT2D eigenvalue weighted by atomic mass is 9.55. The molecule has 5 N–H and O–H groups in total. The molecule has 0 radical (unpaired) electrons. The summed E-state index contributed by atoms with van der Waals surface area (Å²) in [6.07, 6.45) is 13.0. The Morgan fingerprint density at radius 2 is 1.55 bits per heavy atom. The van der Waals surface area contributed by atoms with Crippen molar-refractivity contribution in [3.05, 3.63) is 29.3 Å². The number of carbonyl (C=O) groups excluding carboxylic acids is 4. The fourth-order valence-electron chi connectivity index (χ4n) is 11.5. The summed E-state index contributed by atoms with van der Waals surface area (Å²) < 4.78 is 55.4. The molecular formula is C52H86N3O13P. The van der Waals surface area contributed by atoms with Gasteiger partial charge in [-0.15, -0.1) is 0 Å². The fourth-order valence-corrected chi connectivity index (χ4v) is 12.9. The maximum absolute atomic E-state index is 14.3. The van der Waals surface area contributed by atoms with Crippen molar-refractivity contribution < 1.29 is 61.4 Å². The number of carbonyl (C=O) groups is 4. The fraction of sp³-hybridized carbons (Fsp3) is 0.808. The van der Waals surface area contributed by atoms with Gasteiger partial charge in [-0.2, -0.15) is 0 Å². The van der Waals surface area contributed by atoms with Crippen LogP contribution in [0.3, 0.4) is 0 Å². The van der Waals surface area contributed by atoms with Crippen LogP contribution in [0.5, 0.6) is 5.75 Å². The van der Waals surface area contributed by atoms with Gasteiger partial charge in [-0.05, 0) is 117 Å². The molecule has 0 heterocycles. The SMILES string of the molecule is CCCCC(CC)COP(=O)(OCC(CC)CCCC)Oc1ccc2c(c1)CCC1C2CCC2(C)C(OC(=O)COCCOCCNC(=O)CCC(=O)NC3CCC(OC)C(C(N)=O)C3O)CCC12. The molecule has 3 amide bonds. The third kappa shape index (κ3) is 16.2. The van der Waals surface area contributed by atoms with Crippen molar-refractivity contribution in [2.24, 2.45) is 40.7 Å². The first kappa shape index (κ1) is 56.8. The number of methoxy groups -OCH3 is 1. The van der Waals surface area contributed by atoms with Gasteiger partial charge in [0, 0.05) is 31.9 Å². The minimum Gasteiger partial charge on any atom is -0.460 e. The molecule has 0 bridgehead atoms. The summed E-state index contributed by atoms with van der Waals surface area (Å²) in [6, 6.07) is 5.52. The molecule has 392 valence electrons. The summed E-state index contributed by atoms with van der Waals surface area (Å²) >= 11 is 0. The number of benzene rings is 1. The average Bonchev–Trinajstić information content (AvgIpc) is 3.67. The Morgan fingerprint density at radius 3 is 2.20 bits per heavy atom. The van der Waals surface area contributed by atoms with E-state index in [1.165, 1.54) is 18.2 Å². The summed E-state index contributed by atoms with van der Waals surface area (Å²) in [4.78, 5) is 49.6. The first-order chi connectivity index (χ1) is 33.2. The molecule has 69 heavy (non-hydrogen) atoms. The molecule has 16 nitrogen and oxygen atoms in total. The molecule has 0 aromatic heterocycles. The van der Waals surface area contributed by atoms with Crippen LogP contribution in [0.15, 0.2) is 18.2 Å². The second kappa shape index (κ2) is 28.2. The number of aryl methyl sites for hydroxylation is 1. The number of aliphatic hydroxyl groups is 1. The predicted octanol–water partition coefficient (Wildman–Crippen LogP) is 8.09. The van der Waals surface area contributed by atoms with Crippen LogP contribution in [-0.4, -0.2) is 106 Å². The molecule has 0 aliphatic heterocycles. The van der Waals surface area contributed by atoms with E-state index in [4.69, 9.17) is 38.3 Å². The van der Waals surface area contributed by atoms with Crippen molar-refractivity contribution in [1.29, 1.82) is 0 Å². The second-order valence-corrected chi connectivity index (χ2v) is 21.9. The number of aliphatic hydroxyl groups excluding tert-OH is 1. The van der Waals surface area contributed by atoms with Crippen molar-refractivity contribution in [3.63, 3.8) is 0 Å². The summed E-state index contributed by atoms with van der Waals surface area (Å²) in [5.74, 6) is -0.292. The van der Waals surface area contributed by atoms with Gasteiger partial charge >= 0.3 is 13.8 Å². The molecule has 17 heteroatoms. The minimum atomic E-state index is -3.87. The van der Waals surface area contributed by atoms with Crippen LogP contribution in [0.25, 0.3) is 0 Å². The van der Waals surface area contributed by atoms with Gasteiger partial charge in [0.2, 0.25) is 17.7 Å². The molecule has 1 aromatic rings. The topological polar surface area (TPSA) is 220 Å². The second-order valence-electron chi connectivity index (χ2n) is 20.3. The molecular weight excluding hydrogens is 906 g/mol. The van der Waals surface area contributed by atoms with Gasteiger partial charge in [-0.25, -0.2) is 9.36 Å². The standard InChI is InChI=1S/C52H86N3O13P/c1-7-11-13-35(9-3)32-65-69(61,66-33-36(10-4)14-12-8-2)68-38-16-18-39-37(31-38)15-17-41-40(39)25-26-52(5)42(41)19-22-45(52)67-48(58)34-64-30-29-63-28-27-54-46(56)23-24-47(57)55-43-20-21-44(62-6)49(50(43)59)51(53)60/h16,18,31,35-36,40-45,49-50,59H,7-15,17,19-30,32-34H2,1-6H3,(H2,53,60)(H,54,56)(H,55,57). The highest BCUT2D eigenvalue weighted by Crippen LogP contribution is 2.62. The Morgan fingerprint density at radius 1 is 0.870 bits per heavy atom. The van der Waals surface area contributed by atoms with Crippen LogP contribution < -0.4 is 20.9 Å². The van der Waals surface area contributed by atoms with Gasteiger partial charge in [0.1, 0.15) is 18.5 Å². The zero-order chi connectivity index (χ0) is 50.0. The average molecular weight is 992 g/mol. The Hall–Kier alpha value is -3.11. The van der Waals surface area contributed by atoms with E-state index in [9.17, 15) is 28.8 Å². The first-order valence-electron chi connectivity index (χ1n) is 26.3. The van der Waals surface area contributed by atoms with Crippen molar-refractivity contribution in [2.45, 2.75) is 180 Å². The zero-order valence-electron chi connectivity index (χ0n) is 42.6. The monoisotopic (exact) mass is 992 g/mol. The quantitative estimate of drug-likeness (QED) is 0.0314. The smallest absolute Gasteiger partial charge is 0.460 e. The van der Waals surface area contributed by atoms with Crippen LogP contribution in [0.4, 0.5) is 0 Å². The summed E-state index contributed by atoms with van der Waals surface area (Å²) in [7, 11) is -2.42. The Kier molecular flexibility index (Phi) is 23.2. The lowest BCUT2D eigenvalue weighted by Crippen LogP contribution is -2.57. The number of phosphoric acid groups is 1. The Balaban J connectivity index is 1.01. The van der Waals surface area contributed by atoms with E-state index in [2.05, 4.69) is 57.4 Å². The number of ether oxygens (including phenoxy) is 4. The van der Waals surface area contributed by atoms with Gasteiger partial charge in [0.25, 0.3) is 0 Å². The number of primary amides is 1. The maximum atomic E-state index is 14.3. The van der Waals surface area contributed by atoms with Crippen molar-refractivity contribution in [2.75, 3.05) is 53.3 Å². The number of nitrogens with one attached hydrogen (secondary N) is 2. The van der Waals surface area contributed by atoms with Gasteiger partial charge in [0.15, 0.2) is 0 Å². The summed E-state index contributed by atoms with van der Waals surface area (Å²) in [5.41, 5.74) is 7.91. The van der Waals surface area contributed by atoms with E-state index >= 15 is 0 Å². The van der Waals surface area contributed by atoms with E-state index in [-0.39, 0.29) is 69.2 Å². The van der Waals surface area contributed by atoms with E-state index in [1.807, 2.05) is 6.07 Å². The van der Waals surface area contributed by atoms with Crippen molar-refractivity contribution >= 4 is 31.5 Å². The van der Waals surface area contributed by atoms with Gasteiger partial charge < -0.3 is 44.9 Å². The number of hydrogen-bond donors (Lipinski definition) is 4. The van der Waals surface area contributed by atoms with Gasteiger partial charge in [-0.1, -0.05) is 79.2 Å². The maximum Gasteiger partial charge on any atom is 0.530 e. The van der Waals surface area contributed by atoms with Crippen LogP contribution in [-0.2, 0) is 58.2 Å². The summed E-state index contributed by atoms with van der Waals surface area (Å²) in [5, 5.41) is 16.0. The zero-order valence-corrected chi connectivity index (χ0v) is 43.4. The highest BCUT2D eigenvalue weighted by molar-refractivity contribution is 7.48. The van der Waals surface area contributed by atoms with E-state index in [1.54, 1.807) is 0 Å². The third-order valence-corrected chi connectivity index (χ3v) is 17.2. The van der Waals surface area contributed by atoms with Crippen LogP contribution in [0.1, 0.15) is 161 Å². The number of amides is 3. The van der Waals surface area contributed by atoms with Crippen molar-refractivity contribution in [1.82, 2.24) is 10.6 Å². The molecule has 11 atom stereocenters. The number of hydrogen-bond acceptors (Lipinski definition) is 13. The lowest BCUT2D eigenvalue weighted by molar-refractivity contribution is -0.163. The summed E-state index contributed by atoms with van der Waals surface area (Å²) in [6.45, 7) is 12.4. The number of nitrogens with two attached hydrogens (primary N) is 1. The van der Waals surface area contributed by atoms with Crippen LogP contribution in [0.2, 0.25) is 0 Å². The third-order valence-electron chi connectivity index (χ3n) is 15.8. The number of fused-ring (bicyclic) bond motifs is 5. The molecule has 4 aliphatic rings. The largest absolute Gasteiger partial charge is 0.530 e. The van der Waals surface area contributed by atoms with Crippen LogP contribution in [0, 0.1) is 35.0 Å². The number of phosphoric ester groups is 1. The molecule has 4 aliphatic carbocycles. The van der Waals surface area contributed by atoms with Gasteiger partial charge in [0.05, 0.1) is 57.2 Å². The molecule has 0 saturated heterocycles. The molecule has 3 fully saturated rings. The molecule has 0 spiro atoms. The highest BCUT2D eigenvalue weighted by atomic mass is 31.2. The molecule has 11 unspecified atom stereocenters. The normalized spacial score (nSPS) is 28.0. The lowest BCUT2D eigenvalue weighted by Gasteiger charge is -2.50. The first-order valence-corrected chi connectivity index (χ1v) is 27.8. The number of rotatable bonds is 31. The van der Waals surface area contributed by atoms with Gasteiger partial charge in [-0.3, -0.25) is 23.4 Å². The predicted molar refractivity (Wildman–Crippen MR) is 262 cm³/mol.